The maximum absolute atomic E-state index is 4.24. The number of aryl methyl sites for hydroxylation is 1. The summed E-state index contributed by atoms with van der Waals surface area (Å²) in [6, 6.07) is 0. The molecule has 0 atom stereocenters. The van der Waals surface area contributed by atoms with Gasteiger partial charge in [0.1, 0.15) is 0 Å². The van der Waals surface area contributed by atoms with E-state index in [1.165, 1.54) is 17.8 Å². The summed E-state index contributed by atoms with van der Waals surface area (Å²) in [6.45, 7) is 1.12. The van der Waals surface area contributed by atoms with Crippen LogP contribution in [0.1, 0.15) is 12.1 Å². The summed E-state index contributed by atoms with van der Waals surface area (Å²) < 4.78 is 4.24. The zero-order valence-corrected chi connectivity index (χ0v) is 5.87. The van der Waals surface area contributed by atoms with Crippen LogP contribution in [0.25, 0.3) is 0 Å². The van der Waals surface area contributed by atoms with Crippen LogP contribution in [0.5, 0.6) is 0 Å². The number of anilines is 1. The first-order valence-electron chi connectivity index (χ1n) is 3.14. The molecule has 0 saturated carbocycles. The number of hydrogen-bond acceptors (Lipinski definition) is 3. The Kier molecular flexibility index (Phi) is 1.16. The van der Waals surface area contributed by atoms with Crippen LogP contribution in [0.4, 0.5) is 5.69 Å². The Hall–Kier alpha value is -0.570. The zero-order valence-electron chi connectivity index (χ0n) is 5.05. The molecule has 0 bridgehead atoms. The maximum atomic E-state index is 4.24. The molecular weight excluding hydrogens is 132 g/mol. The van der Waals surface area contributed by atoms with Crippen molar-refractivity contribution in [3.8, 4) is 0 Å². The Morgan fingerprint density at radius 2 is 2.67 bits per heavy atom. The van der Waals surface area contributed by atoms with Gasteiger partial charge in [0.05, 0.1) is 11.4 Å². The van der Waals surface area contributed by atoms with E-state index in [0.717, 1.165) is 13.0 Å². The van der Waals surface area contributed by atoms with Crippen molar-refractivity contribution < 1.29 is 0 Å². The van der Waals surface area contributed by atoms with Gasteiger partial charge in [-0.1, -0.05) is 0 Å². The van der Waals surface area contributed by atoms with Crippen molar-refractivity contribution in [1.82, 2.24) is 4.37 Å². The van der Waals surface area contributed by atoms with Crippen molar-refractivity contribution in [2.45, 2.75) is 12.8 Å². The van der Waals surface area contributed by atoms with E-state index in [-0.39, 0.29) is 0 Å². The lowest BCUT2D eigenvalue weighted by atomic mass is 10.1. The Bertz CT molecular complexity index is 186. The molecule has 0 aliphatic carbocycles. The average Bonchev–Trinajstić information content (AvgIpc) is 2.33. The number of rotatable bonds is 0. The number of fused-ring (bicyclic) bond motifs is 1. The monoisotopic (exact) mass is 140 g/mol. The number of hydrogen-bond donors (Lipinski definition) is 1. The fraction of sp³-hybridized carbons (Fsp3) is 0.500. The summed E-state index contributed by atoms with van der Waals surface area (Å²) >= 11 is 1.54. The lowest BCUT2D eigenvalue weighted by Gasteiger charge is -2.10. The van der Waals surface area contributed by atoms with Crippen LogP contribution in [0.2, 0.25) is 0 Å². The SMILES string of the molecule is c1snc2c1NCCC2. The minimum absolute atomic E-state index is 1.12. The van der Waals surface area contributed by atoms with Gasteiger partial charge in [0, 0.05) is 11.9 Å². The predicted molar refractivity (Wildman–Crippen MR) is 38.9 cm³/mol. The molecule has 1 N–H and O–H groups in total. The van der Waals surface area contributed by atoms with Crippen molar-refractivity contribution in [2.24, 2.45) is 0 Å². The van der Waals surface area contributed by atoms with Gasteiger partial charge in [0.15, 0.2) is 0 Å². The molecule has 2 rings (SSSR count). The fourth-order valence-corrected chi connectivity index (χ4v) is 1.76. The highest BCUT2D eigenvalue weighted by atomic mass is 32.1. The molecule has 3 heteroatoms. The minimum Gasteiger partial charge on any atom is -0.383 e. The third-order valence-electron chi connectivity index (χ3n) is 1.55. The van der Waals surface area contributed by atoms with Crippen LogP contribution in [0, 0.1) is 0 Å². The molecular formula is C6H8N2S. The number of nitrogens with one attached hydrogen (secondary N) is 1. The van der Waals surface area contributed by atoms with Crippen LogP contribution >= 0.6 is 11.5 Å². The molecule has 0 fully saturated rings. The van der Waals surface area contributed by atoms with Gasteiger partial charge in [-0.15, -0.1) is 0 Å². The molecule has 0 radical (unpaired) electrons. The first-order chi connectivity index (χ1) is 4.47. The van der Waals surface area contributed by atoms with E-state index >= 15 is 0 Å². The van der Waals surface area contributed by atoms with Crippen LogP contribution in [-0.4, -0.2) is 10.9 Å². The van der Waals surface area contributed by atoms with E-state index in [0.29, 0.717) is 0 Å². The highest BCUT2D eigenvalue weighted by molar-refractivity contribution is 7.04. The molecule has 1 aromatic heterocycles. The van der Waals surface area contributed by atoms with Crippen LogP contribution in [-0.2, 0) is 6.42 Å². The molecule has 0 aromatic carbocycles. The minimum atomic E-state index is 1.12. The zero-order chi connectivity index (χ0) is 6.10. The quantitative estimate of drug-likeness (QED) is 0.590. The third-order valence-corrected chi connectivity index (χ3v) is 2.22. The summed E-state index contributed by atoms with van der Waals surface area (Å²) in [6.07, 6.45) is 2.39. The number of aromatic nitrogens is 1. The molecule has 0 saturated heterocycles. The van der Waals surface area contributed by atoms with E-state index in [2.05, 4.69) is 15.1 Å². The van der Waals surface area contributed by atoms with Crippen molar-refractivity contribution >= 4 is 17.2 Å². The average molecular weight is 140 g/mol. The largest absolute Gasteiger partial charge is 0.383 e. The molecule has 48 valence electrons. The standard InChI is InChI=1S/C6H8N2S/c1-2-5-6(7-3-1)4-9-8-5/h4,7H,1-3H2. The normalized spacial score (nSPS) is 16.4. The highest BCUT2D eigenvalue weighted by Gasteiger charge is 2.08. The Morgan fingerprint density at radius 1 is 1.67 bits per heavy atom. The van der Waals surface area contributed by atoms with Gasteiger partial charge in [0.25, 0.3) is 0 Å². The Morgan fingerprint density at radius 3 is 3.56 bits per heavy atom. The number of nitrogens with zero attached hydrogens (tertiary/aromatic N) is 1. The Labute approximate surface area is 58.1 Å². The summed E-state index contributed by atoms with van der Waals surface area (Å²) in [7, 11) is 0. The lowest BCUT2D eigenvalue weighted by molar-refractivity contribution is 0.816. The van der Waals surface area contributed by atoms with Crippen molar-refractivity contribution in [3.05, 3.63) is 11.1 Å². The second-order valence-electron chi connectivity index (χ2n) is 2.21. The van der Waals surface area contributed by atoms with Gasteiger partial charge in [-0.05, 0) is 24.4 Å². The van der Waals surface area contributed by atoms with Gasteiger partial charge < -0.3 is 5.32 Å². The molecule has 0 amide bonds. The van der Waals surface area contributed by atoms with E-state index in [1.807, 2.05) is 0 Å². The molecule has 2 nitrogen and oxygen atoms in total. The second-order valence-corrected chi connectivity index (χ2v) is 2.83. The van der Waals surface area contributed by atoms with Crippen LogP contribution in [0.3, 0.4) is 0 Å². The van der Waals surface area contributed by atoms with Gasteiger partial charge in [-0.25, -0.2) is 0 Å². The summed E-state index contributed by atoms with van der Waals surface area (Å²) in [5.74, 6) is 0. The Balaban J connectivity index is 2.39. The second kappa shape index (κ2) is 1.99. The van der Waals surface area contributed by atoms with E-state index in [1.54, 1.807) is 11.5 Å². The smallest absolute Gasteiger partial charge is 0.0774 e. The summed E-state index contributed by atoms with van der Waals surface area (Å²) in [5.41, 5.74) is 2.51. The molecule has 1 aliphatic rings. The molecule has 1 aliphatic heterocycles. The summed E-state index contributed by atoms with van der Waals surface area (Å²) in [5, 5.41) is 5.37. The topological polar surface area (TPSA) is 24.9 Å². The van der Waals surface area contributed by atoms with Crippen LogP contribution < -0.4 is 5.32 Å². The molecule has 0 spiro atoms. The molecule has 0 unspecified atom stereocenters. The van der Waals surface area contributed by atoms with E-state index in [4.69, 9.17) is 0 Å². The van der Waals surface area contributed by atoms with Crippen molar-refractivity contribution in [3.63, 3.8) is 0 Å². The van der Waals surface area contributed by atoms with E-state index < -0.39 is 0 Å². The molecule has 9 heavy (non-hydrogen) atoms. The highest BCUT2D eigenvalue weighted by Crippen LogP contribution is 2.21. The van der Waals surface area contributed by atoms with Crippen LogP contribution in [0.15, 0.2) is 5.38 Å². The molecule has 2 heterocycles. The van der Waals surface area contributed by atoms with Gasteiger partial charge >= 0.3 is 0 Å². The first kappa shape index (κ1) is 5.23. The van der Waals surface area contributed by atoms with Gasteiger partial charge in [0.2, 0.25) is 0 Å². The predicted octanol–water partition coefficient (Wildman–Crippen LogP) is 1.50. The maximum Gasteiger partial charge on any atom is 0.0774 e. The van der Waals surface area contributed by atoms with Crippen molar-refractivity contribution in [2.75, 3.05) is 11.9 Å². The fourth-order valence-electron chi connectivity index (χ4n) is 1.06. The van der Waals surface area contributed by atoms with Gasteiger partial charge in [-0.3, -0.25) is 0 Å². The third kappa shape index (κ3) is 0.812. The first-order valence-corrected chi connectivity index (χ1v) is 3.97. The molecule has 1 aromatic rings. The summed E-state index contributed by atoms with van der Waals surface area (Å²) in [4.78, 5) is 0. The van der Waals surface area contributed by atoms with Gasteiger partial charge in [-0.2, -0.15) is 4.37 Å². The lowest BCUT2D eigenvalue weighted by Crippen LogP contribution is -2.09. The van der Waals surface area contributed by atoms with Crippen molar-refractivity contribution in [1.29, 1.82) is 0 Å². The van der Waals surface area contributed by atoms with E-state index in [9.17, 15) is 0 Å².